The number of fused-ring (bicyclic) bond motifs is 1. The van der Waals surface area contributed by atoms with Gasteiger partial charge < -0.3 is 13.8 Å². The van der Waals surface area contributed by atoms with E-state index in [1.165, 1.54) is 0 Å². The monoisotopic (exact) mass is 365 g/mol. The summed E-state index contributed by atoms with van der Waals surface area (Å²) in [6.45, 7) is 5.70. The van der Waals surface area contributed by atoms with Gasteiger partial charge in [0.1, 0.15) is 0 Å². The van der Waals surface area contributed by atoms with Crippen molar-refractivity contribution in [3.8, 4) is 0 Å². The van der Waals surface area contributed by atoms with Crippen LogP contribution in [0.25, 0.3) is 10.9 Å². The zero-order valence-corrected chi connectivity index (χ0v) is 15.7. The maximum absolute atomic E-state index is 13.2. The highest BCUT2D eigenvalue weighted by molar-refractivity contribution is 7.55. The zero-order valence-electron chi connectivity index (χ0n) is 14.8. The van der Waals surface area contributed by atoms with E-state index >= 15 is 0 Å². The second-order valence-corrected chi connectivity index (χ2v) is 7.56. The van der Waals surface area contributed by atoms with Crippen molar-refractivity contribution in [1.29, 1.82) is 0 Å². The number of hydrogen-bond acceptors (Lipinski definition) is 6. The second-order valence-electron chi connectivity index (χ2n) is 5.34. The molecule has 2 rings (SSSR count). The van der Waals surface area contributed by atoms with E-state index in [0.29, 0.717) is 0 Å². The summed E-state index contributed by atoms with van der Waals surface area (Å²) in [5.74, 6) is -0.583. The molecule has 0 fully saturated rings. The number of nitrogens with zero attached hydrogens (tertiary/aromatic N) is 1. The first-order valence-electron chi connectivity index (χ1n) is 8.43. The summed E-state index contributed by atoms with van der Waals surface area (Å²) in [7, 11) is -3.66. The summed E-state index contributed by atoms with van der Waals surface area (Å²) in [4.78, 5) is 16.9. The predicted octanol–water partition coefficient (Wildman–Crippen LogP) is 3.98. The third-order valence-electron chi connectivity index (χ3n) is 3.69. The normalized spacial score (nSPS) is 12.9. The van der Waals surface area contributed by atoms with Crippen LogP contribution in [0, 0.1) is 0 Å². The van der Waals surface area contributed by atoms with Crippen LogP contribution < -0.4 is 0 Å². The zero-order chi connectivity index (χ0) is 18.3. The summed E-state index contributed by atoms with van der Waals surface area (Å²) in [6.07, 6.45) is 1.86. The highest BCUT2D eigenvalue weighted by atomic mass is 31.2. The van der Waals surface area contributed by atoms with Gasteiger partial charge in [0.2, 0.25) is 0 Å². The first-order chi connectivity index (χ1) is 12.1. The number of para-hydroxylation sites is 1. The van der Waals surface area contributed by atoms with E-state index in [-0.39, 0.29) is 26.2 Å². The Morgan fingerprint density at radius 2 is 1.76 bits per heavy atom. The van der Waals surface area contributed by atoms with Gasteiger partial charge in [-0.25, -0.2) is 0 Å². The van der Waals surface area contributed by atoms with Gasteiger partial charge in [-0.1, -0.05) is 24.3 Å². The number of carbonyl (C=O) groups excluding carboxylic acids is 1. The van der Waals surface area contributed by atoms with Crippen molar-refractivity contribution in [3.63, 3.8) is 0 Å². The minimum Gasteiger partial charge on any atom is -0.465 e. The van der Waals surface area contributed by atoms with Crippen molar-refractivity contribution >= 4 is 24.5 Å². The molecule has 0 spiro atoms. The number of rotatable bonds is 9. The average molecular weight is 365 g/mol. The van der Waals surface area contributed by atoms with Gasteiger partial charge in [-0.15, -0.1) is 0 Å². The van der Waals surface area contributed by atoms with Gasteiger partial charge in [-0.2, -0.15) is 0 Å². The molecule has 0 amide bonds. The molecule has 0 saturated carbocycles. The largest absolute Gasteiger partial charge is 0.465 e. The highest BCUT2D eigenvalue weighted by Gasteiger charge is 2.42. The SMILES string of the molecule is CCOC(=O)C(Cc1cccc2cccnc12)P(=O)(OCC)OCC. The fraction of sp³-hybridized carbons (Fsp3) is 0.444. The molecule has 1 aromatic carbocycles. The molecular weight excluding hydrogens is 341 g/mol. The lowest BCUT2D eigenvalue weighted by atomic mass is 10.1. The molecule has 1 heterocycles. The maximum Gasteiger partial charge on any atom is 0.345 e. The number of aromatic nitrogens is 1. The van der Waals surface area contributed by atoms with Crippen LogP contribution in [0.2, 0.25) is 0 Å². The fourth-order valence-electron chi connectivity index (χ4n) is 2.68. The summed E-state index contributed by atoms with van der Waals surface area (Å²) >= 11 is 0. The minimum absolute atomic E-state index is 0.171. The minimum atomic E-state index is -3.66. The molecule has 2 aromatic rings. The van der Waals surface area contributed by atoms with Gasteiger partial charge in [0, 0.05) is 11.6 Å². The number of esters is 1. The standard InChI is InChI=1S/C18H24NO5P/c1-4-22-18(20)16(25(21,23-5-2)24-6-3)13-15-10-7-9-14-11-8-12-19-17(14)15/h7-12,16H,4-6,13H2,1-3H3. The van der Waals surface area contributed by atoms with Crippen LogP contribution in [0.5, 0.6) is 0 Å². The van der Waals surface area contributed by atoms with Crippen LogP contribution in [0.1, 0.15) is 26.3 Å². The molecule has 0 N–H and O–H groups in total. The Kier molecular flexibility index (Phi) is 7.12. The lowest BCUT2D eigenvalue weighted by molar-refractivity contribution is -0.143. The van der Waals surface area contributed by atoms with Crippen LogP contribution in [0.15, 0.2) is 36.5 Å². The number of pyridine rings is 1. The lowest BCUT2D eigenvalue weighted by Crippen LogP contribution is -2.28. The van der Waals surface area contributed by atoms with E-state index in [0.717, 1.165) is 16.5 Å². The molecule has 7 heteroatoms. The third kappa shape index (κ3) is 4.66. The van der Waals surface area contributed by atoms with Crippen molar-refractivity contribution in [1.82, 2.24) is 4.98 Å². The van der Waals surface area contributed by atoms with Crippen molar-refractivity contribution in [2.45, 2.75) is 32.9 Å². The molecule has 0 aliphatic rings. The first-order valence-corrected chi connectivity index (χ1v) is 10.0. The summed E-state index contributed by atoms with van der Waals surface area (Å²) in [6, 6.07) is 9.48. The van der Waals surface area contributed by atoms with Crippen molar-refractivity contribution in [3.05, 3.63) is 42.1 Å². The van der Waals surface area contributed by atoms with Gasteiger partial charge in [-0.05, 0) is 38.8 Å². The van der Waals surface area contributed by atoms with E-state index in [1.54, 1.807) is 27.0 Å². The number of hydrogen-bond donors (Lipinski definition) is 0. The number of carbonyl (C=O) groups is 1. The number of ether oxygens (including phenoxy) is 1. The average Bonchev–Trinajstić information content (AvgIpc) is 2.60. The van der Waals surface area contributed by atoms with E-state index in [1.807, 2.05) is 30.3 Å². The lowest BCUT2D eigenvalue weighted by Gasteiger charge is -2.25. The van der Waals surface area contributed by atoms with Crippen LogP contribution in [0.4, 0.5) is 0 Å². The van der Waals surface area contributed by atoms with E-state index < -0.39 is 19.2 Å². The molecule has 0 saturated heterocycles. The molecule has 0 aliphatic carbocycles. The van der Waals surface area contributed by atoms with Gasteiger partial charge in [0.15, 0.2) is 5.66 Å². The molecule has 136 valence electrons. The molecular formula is C18H24NO5P. The van der Waals surface area contributed by atoms with Crippen LogP contribution in [-0.2, 0) is 29.6 Å². The van der Waals surface area contributed by atoms with Crippen molar-refractivity contribution < 1.29 is 23.1 Å². The molecule has 1 unspecified atom stereocenters. The molecule has 0 radical (unpaired) electrons. The summed E-state index contributed by atoms with van der Waals surface area (Å²) in [5.41, 5.74) is 0.537. The molecule has 1 aromatic heterocycles. The van der Waals surface area contributed by atoms with Crippen LogP contribution in [-0.4, -0.2) is 36.4 Å². The quantitative estimate of drug-likeness (QED) is 0.494. The van der Waals surface area contributed by atoms with Gasteiger partial charge in [0.25, 0.3) is 0 Å². The molecule has 6 nitrogen and oxygen atoms in total. The molecule has 0 bridgehead atoms. The number of benzene rings is 1. The van der Waals surface area contributed by atoms with Gasteiger partial charge in [0.05, 0.1) is 25.3 Å². The van der Waals surface area contributed by atoms with Gasteiger partial charge in [-0.3, -0.25) is 14.3 Å². The smallest absolute Gasteiger partial charge is 0.345 e. The van der Waals surface area contributed by atoms with E-state index in [4.69, 9.17) is 13.8 Å². The van der Waals surface area contributed by atoms with Crippen molar-refractivity contribution in [2.75, 3.05) is 19.8 Å². The summed E-state index contributed by atoms with van der Waals surface area (Å²) < 4.78 is 29.1. The Hall–Kier alpha value is -1.75. The molecule has 25 heavy (non-hydrogen) atoms. The van der Waals surface area contributed by atoms with E-state index in [9.17, 15) is 9.36 Å². The van der Waals surface area contributed by atoms with E-state index in [2.05, 4.69) is 4.98 Å². The third-order valence-corrected chi connectivity index (χ3v) is 6.08. The Morgan fingerprint density at radius 1 is 1.08 bits per heavy atom. The Bertz CT molecular complexity index is 749. The van der Waals surface area contributed by atoms with Crippen molar-refractivity contribution in [2.24, 2.45) is 0 Å². The molecule has 1 atom stereocenters. The van der Waals surface area contributed by atoms with Crippen LogP contribution >= 0.6 is 7.60 Å². The highest BCUT2D eigenvalue weighted by Crippen LogP contribution is 2.54. The maximum atomic E-state index is 13.2. The summed E-state index contributed by atoms with van der Waals surface area (Å²) in [5, 5.41) is 0.949. The first kappa shape index (κ1) is 19.6. The Labute approximate surface area is 148 Å². The molecule has 0 aliphatic heterocycles. The fourth-order valence-corrected chi connectivity index (χ4v) is 4.59. The predicted molar refractivity (Wildman–Crippen MR) is 96.7 cm³/mol. The van der Waals surface area contributed by atoms with Crippen LogP contribution in [0.3, 0.4) is 0 Å². The second kappa shape index (κ2) is 9.09. The topological polar surface area (TPSA) is 74.7 Å². The Balaban J connectivity index is 2.44. The van der Waals surface area contributed by atoms with Gasteiger partial charge >= 0.3 is 13.6 Å². The Morgan fingerprint density at radius 3 is 2.40 bits per heavy atom.